The van der Waals surface area contributed by atoms with Crippen LogP contribution in [0.15, 0.2) is 0 Å². The molecule has 0 saturated heterocycles. The van der Waals surface area contributed by atoms with Gasteiger partial charge in [-0.25, -0.2) is 0 Å². The van der Waals surface area contributed by atoms with Crippen LogP contribution in [0.1, 0.15) is 0 Å². The van der Waals surface area contributed by atoms with E-state index in [-0.39, 0.29) is 45.7 Å². The third-order valence-corrected chi connectivity index (χ3v) is 0.258. The van der Waals surface area contributed by atoms with E-state index in [1.165, 1.54) is 0 Å². The van der Waals surface area contributed by atoms with E-state index in [0.717, 1.165) is 0 Å². The van der Waals surface area contributed by atoms with Gasteiger partial charge in [-0.2, -0.15) is 0 Å². The molecule has 14 N–H and O–H groups in total. The summed E-state index contributed by atoms with van der Waals surface area (Å²) in [5.41, 5.74) is 0. The van der Waals surface area contributed by atoms with Crippen molar-refractivity contribution in [2.45, 2.75) is 0 Å². The van der Waals surface area contributed by atoms with Crippen LogP contribution in [0.4, 0.5) is 0 Å². The van der Waals surface area contributed by atoms with Crippen LogP contribution in [0.25, 0.3) is 0 Å². The molecule has 100 valence electrons. The molecule has 0 bridgehead atoms. The van der Waals surface area contributed by atoms with Gasteiger partial charge in [0.05, 0.1) is 25.2 Å². The molecule has 0 aliphatic rings. The number of rotatable bonds is 2. The number of carboxylic acid groups (broad SMARTS) is 2. The molecular formula is C4H18N4O6Pt. The first kappa shape index (κ1) is 47.2. The third kappa shape index (κ3) is 151. The molecule has 0 radical (unpaired) electrons. The van der Waals surface area contributed by atoms with Crippen LogP contribution in [0, 0.1) is 0 Å². The SMILES string of the molecule is N.N.N.N.O=C([O-])CO.O=C([O-])CO.[Pt+2]. The van der Waals surface area contributed by atoms with Gasteiger partial charge in [0, 0.05) is 0 Å². The van der Waals surface area contributed by atoms with Crippen LogP contribution in [-0.2, 0) is 30.7 Å². The zero-order valence-electron chi connectivity index (χ0n) is 8.09. The fraction of sp³-hybridized carbons (Fsp3) is 0.500. The van der Waals surface area contributed by atoms with Crippen LogP contribution in [-0.4, -0.2) is 35.4 Å². The Hall–Kier alpha value is -0.612. The molecule has 0 amide bonds. The average molecular weight is 413 g/mol. The molecule has 0 aliphatic carbocycles. The van der Waals surface area contributed by atoms with Gasteiger partial charge in [-0.15, -0.1) is 0 Å². The number of carbonyl (C=O) groups is 2. The Bertz CT molecular complexity index is 112. The van der Waals surface area contributed by atoms with E-state index in [4.69, 9.17) is 30.0 Å². The van der Waals surface area contributed by atoms with Crippen LogP contribution >= 0.6 is 0 Å². The van der Waals surface area contributed by atoms with Crippen molar-refractivity contribution in [1.82, 2.24) is 24.6 Å². The number of hydrogen-bond acceptors (Lipinski definition) is 10. The molecule has 11 heteroatoms. The van der Waals surface area contributed by atoms with Crippen molar-refractivity contribution >= 4 is 11.9 Å². The van der Waals surface area contributed by atoms with Gasteiger partial charge < -0.3 is 54.6 Å². The topological polar surface area (TPSA) is 261 Å². The van der Waals surface area contributed by atoms with Gasteiger partial charge in [-0.3, -0.25) is 0 Å². The monoisotopic (exact) mass is 413 g/mol. The van der Waals surface area contributed by atoms with Gasteiger partial charge in [-0.1, -0.05) is 0 Å². The molecule has 0 aromatic carbocycles. The molecule has 0 heterocycles. The molecule has 15 heavy (non-hydrogen) atoms. The summed E-state index contributed by atoms with van der Waals surface area (Å²) in [4.78, 5) is 18.0. The average Bonchev–Trinajstić information content (AvgIpc) is 1.89. The number of aliphatic carboxylic acids is 2. The summed E-state index contributed by atoms with van der Waals surface area (Å²) in [6.07, 6.45) is 0. The summed E-state index contributed by atoms with van der Waals surface area (Å²) in [6, 6.07) is 0. The van der Waals surface area contributed by atoms with Gasteiger partial charge in [0.15, 0.2) is 0 Å². The maximum Gasteiger partial charge on any atom is 2.00 e. The van der Waals surface area contributed by atoms with Gasteiger partial charge in [0.1, 0.15) is 0 Å². The normalized spacial score (nSPS) is 4.93. The van der Waals surface area contributed by atoms with Crippen molar-refractivity contribution in [3.8, 4) is 0 Å². The van der Waals surface area contributed by atoms with E-state index in [9.17, 15) is 0 Å². The summed E-state index contributed by atoms with van der Waals surface area (Å²) in [5.74, 6) is -2.88. The number of carbonyl (C=O) groups excluding carboxylic acids is 2. The number of aliphatic hydroxyl groups excluding tert-OH is 2. The maximum atomic E-state index is 9.01. The molecule has 10 nitrogen and oxygen atoms in total. The quantitative estimate of drug-likeness (QED) is 0.256. The van der Waals surface area contributed by atoms with Gasteiger partial charge in [0.25, 0.3) is 0 Å². The maximum absolute atomic E-state index is 9.01. The molecule has 0 rings (SSSR count). The van der Waals surface area contributed by atoms with Crippen LogP contribution in [0.3, 0.4) is 0 Å². The van der Waals surface area contributed by atoms with Crippen molar-refractivity contribution in [2.24, 2.45) is 0 Å². The molecule has 0 aromatic heterocycles. The number of carboxylic acids is 2. The van der Waals surface area contributed by atoms with Crippen molar-refractivity contribution in [1.29, 1.82) is 0 Å². The zero-order chi connectivity index (χ0) is 8.57. The summed E-state index contributed by atoms with van der Waals surface area (Å²) >= 11 is 0. The van der Waals surface area contributed by atoms with E-state index in [1.54, 1.807) is 0 Å². The molecular weight excluding hydrogens is 395 g/mol. The molecule has 0 aliphatic heterocycles. The molecule has 0 spiro atoms. The van der Waals surface area contributed by atoms with Crippen LogP contribution < -0.4 is 34.8 Å². The van der Waals surface area contributed by atoms with Gasteiger partial charge >= 0.3 is 21.1 Å². The molecule has 0 atom stereocenters. The van der Waals surface area contributed by atoms with Crippen LogP contribution in [0.2, 0.25) is 0 Å². The van der Waals surface area contributed by atoms with E-state index in [2.05, 4.69) is 0 Å². The number of hydrogen-bond donors (Lipinski definition) is 6. The fourth-order valence-electron chi connectivity index (χ4n) is 0. The number of aliphatic hydroxyl groups is 2. The second kappa shape index (κ2) is 37.6. The van der Waals surface area contributed by atoms with Crippen molar-refractivity contribution < 1.29 is 51.1 Å². The Kier molecular flexibility index (Phi) is 119. The first-order valence-corrected chi connectivity index (χ1v) is 2.16. The predicted molar refractivity (Wildman–Crippen MR) is 44.3 cm³/mol. The zero-order valence-corrected chi connectivity index (χ0v) is 10.4. The molecule has 0 unspecified atom stereocenters. The van der Waals surface area contributed by atoms with E-state index >= 15 is 0 Å². The second-order valence-electron chi connectivity index (χ2n) is 1.06. The van der Waals surface area contributed by atoms with Gasteiger partial charge in [0.2, 0.25) is 0 Å². The third-order valence-electron chi connectivity index (χ3n) is 0.258. The Labute approximate surface area is 101 Å². The van der Waals surface area contributed by atoms with Crippen molar-refractivity contribution in [3.05, 3.63) is 0 Å². The predicted octanol–water partition coefficient (Wildman–Crippen LogP) is -3.90. The first-order valence-electron chi connectivity index (χ1n) is 2.16. The van der Waals surface area contributed by atoms with Gasteiger partial charge in [-0.05, 0) is 0 Å². The molecule has 0 fully saturated rings. The summed E-state index contributed by atoms with van der Waals surface area (Å²) in [6.45, 7) is -1.78. The van der Waals surface area contributed by atoms with Crippen LogP contribution in [0.5, 0.6) is 0 Å². The Balaban J connectivity index is -0.0000000128. The summed E-state index contributed by atoms with van der Waals surface area (Å²) in [5, 5.41) is 33.0. The molecule has 0 aromatic rings. The summed E-state index contributed by atoms with van der Waals surface area (Å²) < 4.78 is 0. The molecule has 0 saturated carbocycles. The summed E-state index contributed by atoms with van der Waals surface area (Å²) in [7, 11) is 0. The first-order chi connectivity index (χ1) is 4.54. The van der Waals surface area contributed by atoms with Crippen molar-refractivity contribution in [3.63, 3.8) is 0 Å². The fourth-order valence-corrected chi connectivity index (χ4v) is 0. The Morgan fingerprint density at radius 1 is 0.800 bits per heavy atom. The second-order valence-corrected chi connectivity index (χ2v) is 1.06. The Morgan fingerprint density at radius 3 is 0.867 bits per heavy atom. The minimum atomic E-state index is -1.44. The minimum absolute atomic E-state index is 0. The van der Waals surface area contributed by atoms with E-state index in [1.807, 2.05) is 0 Å². The standard InChI is InChI=1S/2C2H4O3.4H3N.Pt/c2*3-1-2(4)5;;;;;/h2*3H,1H2,(H,4,5);4*1H3;/q;;;;;;+2/p-2. The smallest absolute Gasteiger partial charge is 0.548 e. The Morgan fingerprint density at radius 2 is 0.867 bits per heavy atom. The van der Waals surface area contributed by atoms with E-state index < -0.39 is 25.2 Å². The minimum Gasteiger partial charge on any atom is -0.548 e. The van der Waals surface area contributed by atoms with E-state index in [0.29, 0.717) is 0 Å². The van der Waals surface area contributed by atoms with Crippen molar-refractivity contribution in [2.75, 3.05) is 13.2 Å². The largest absolute Gasteiger partial charge is 2.00 e.